The minimum Gasteiger partial charge on any atom is -0.418 e. The Morgan fingerprint density at radius 2 is 1.62 bits per heavy atom. The molecule has 0 atom stereocenters. The number of nitrogens with zero attached hydrogens (tertiary/aromatic N) is 2. The molecule has 8 heteroatoms. The van der Waals surface area contributed by atoms with Crippen molar-refractivity contribution in [3.8, 4) is 0 Å². The first-order valence-electron chi connectivity index (χ1n) is 4.68. The van der Waals surface area contributed by atoms with E-state index in [0.717, 1.165) is 13.2 Å². The lowest BCUT2D eigenvalue weighted by Gasteiger charge is -1.94. The number of halogens is 4. The Bertz CT molecular complexity index is 220. The van der Waals surface area contributed by atoms with Crippen molar-refractivity contribution in [2.24, 2.45) is 7.05 Å². The maximum Gasteiger partial charge on any atom is 0.673 e. The van der Waals surface area contributed by atoms with Crippen LogP contribution >= 0.6 is 0 Å². The van der Waals surface area contributed by atoms with E-state index in [-0.39, 0.29) is 0 Å². The third-order valence-electron chi connectivity index (χ3n) is 1.04. The van der Waals surface area contributed by atoms with Gasteiger partial charge in [-0.25, -0.2) is 4.98 Å². The highest BCUT2D eigenvalue weighted by molar-refractivity contribution is 6.50. The molecule has 1 rings (SSSR count). The summed E-state index contributed by atoms with van der Waals surface area (Å²) in [6, 6.07) is 0. The van der Waals surface area contributed by atoms with Crippen LogP contribution in [-0.4, -0.2) is 30.0 Å². The molecule has 0 saturated carbocycles. The maximum atomic E-state index is 9.75. The molecule has 16 heavy (non-hydrogen) atoms. The number of ether oxygens (including phenoxy) is 1. The number of hydrogen-bond acceptors (Lipinski definition) is 2. The Hall–Kier alpha value is -1.05. The predicted octanol–water partition coefficient (Wildman–Crippen LogP) is 2.76. The molecule has 1 heterocycles. The van der Waals surface area contributed by atoms with Crippen LogP contribution in [0.4, 0.5) is 17.3 Å². The molecular weight excluding hydrogens is 227 g/mol. The summed E-state index contributed by atoms with van der Waals surface area (Å²) < 4.78 is 45.7. The van der Waals surface area contributed by atoms with E-state index in [2.05, 4.69) is 4.98 Å². The highest BCUT2D eigenvalue weighted by Crippen LogP contribution is 2.06. The van der Waals surface area contributed by atoms with Crippen molar-refractivity contribution in [2.45, 2.75) is 13.8 Å². The van der Waals surface area contributed by atoms with E-state index in [1.54, 1.807) is 12.5 Å². The largest absolute Gasteiger partial charge is 0.673 e. The van der Waals surface area contributed by atoms with Crippen molar-refractivity contribution in [2.75, 3.05) is 13.2 Å². The van der Waals surface area contributed by atoms with Gasteiger partial charge in [-0.15, -0.1) is 0 Å². The van der Waals surface area contributed by atoms with E-state index in [0.29, 0.717) is 0 Å². The Kier molecular flexibility index (Phi) is 11.4. The monoisotopic (exact) mass is 243 g/mol. The molecule has 96 valence electrons. The summed E-state index contributed by atoms with van der Waals surface area (Å²) >= 11 is 0. The molecule has 0 aliphatic heterocycles. The zero-order chi connectivity index (χ0) is 13.0. The zero-order valence-electron chi connectivity index (χ0n) is 9.54. The molecule has 3 nitrogen and oxygen atoms in total. The Labute approximate surface area is 92.5 Å². The molecule has 0 amide bonds. The standard InChI is InChI=1S/C4H6N2.C4H10O.BF4/c1-6-3-2-5-4-6;1-3-5-4-2;2-1(3,4)5/h2-4H,1H3;3-4H2,1-2H3;/q;;-1. The summed E-state index contributed by atoms with van der Waals surface area (Å²) in [5.74, 6) is 0. The van der Waals surface area contributed by atoms with Gasteiger partial charge in [-0.3, -0.25) is 0 Å². The molecule has 0 fully saturated rings. The fourth-order valence-electron chi connectivity index (χ4n) is 0.530. The average Bonchev–Trinajstić information content (AvgIpc) is 2.55. The van der Waals surface area contributed by atoms with Gasteiger partial charge in [0.05, 0.1) is 6.33 Å². The third-order valence-corrected chi connectivity index (χ3v) is 1.04. The van der Waals surface area contributed by atoms with Crippen LogP contribution < -0.4 is 0 Å². The minimum absolute atomic E-state index is 0.844. The summed E-state index contributed by atoms with van der Waals surface area (Å²) in [5.41, 5.74) is 0. The second kappa shape index (κ2) is 10.5. The molecule has 0 spiro atoms. The summed E-state index contributed by atoms with van der Waals surface area (Å²) in [7, 11) is -4.06. The number of imidazole rings is 1. The van der Waals surface area contributed by atoms with E-state index in [1.807, 2.05) is 31.7 Å². The van der Waals surface area contributed by atoms with Crippen LogP contribution in [0.5, 0.6) is 0 Å². The Morgan fingerprint density at radius 1 is 1.19 bits per heavy atom. The quantitative estimate of drug-likeness (QED) is 0.589. The predicted molar refractivity (Wildman–Crippen MR) is 55.6 cm³/mol. The van der Waals surface area contributed by atoms with Gasteiger partial charge in [0, 0.05) is 32.7 Å². The van der Waals surface area contributed by atoms with Crippen molar-refractivity contribution >= 4 is 7.25 Å². The fraction of sp³-hybridized carbons (Fsp3) is 0.625. The number of aryl methyl sites for hydroxylation is 1. The van der Waals surface area contributed by atoms with E-state index >= 15 is 0 Å². The minimum atomic E-state index is -6.00. The summed E-state index contributed by atoms with van der Waals surface area (Å²) in [6.45, 7) is 5.67. The lowest BCUT2D eigenvalue weighted by Crippen LogP contribution is -2.02. The smallest absolute Gasteiger partial charge is 0.418 e. The number of hydrogen-bond donors (Lipinski definition) is 0. The molecule has 0 saturated heterocycles. The molecule has 0 N–H and O–H groups in total. The van der Waals surface area contributed by atoms with Gasteiger partial charge in [0.1, 0.15) is 0 Å². The molecular formula is C8H16BF4N2O-. The van der Waals surface area contributed by atoms with Crippen LogP contribution in [0.2, 0.25) is 0 Å². The van der Waals surface area contributed by atoms with Gasteiger partial charge < -0.3 is 26.6 Å². The summed E-state index contributed by atoms with van der Waals surface area (Å²) in [6.07, 6.45) is 5.39. The number of rotatable bonds is 2. The highest BCUT2D eigenvalue weighted by Gasteiger charge is 2.20. The normalized spacial score (nSPS) is 9.69. The first-order valence-corrected chi connectivity index (χ1v) is 4.68. The van der Waals surface area contributed by atoms with Crippen molar-refractivity contribution in [1.29, 1.82) is 0 Å². The fourth-order valence-corrected chi connectivity index (χ4v) is 0.530. The molecule has 0 radical (unpaired) electrons. The van der Waals surface area contributed by atoms with Crippen molar-refractivity contribution in [3.63, 3.8) is 0 Å². The van der Waals surface area contributed by atoms with E-state index in [9.17, 15) is 17.3 Å². The van der Waals surface area contributed by atoms with E-state index in [4.69, 9.17) is 4.74 Å². The van der Waals surface area contributed by atoms with E-state index in [1.165, 1.54) is 0 Å². The van der Waals surface area contributed by atoms with Gasteiger partial charge in [-0.1, -0.05) is 0 Å². The molecule has 0 aliphatic rings. The highest BCUT2D eigenvalue weighted by atomic mass is 19.5. The molecule has 0 aromatic carbocycles. The SMILES string of the molecule is CCOCC.Cn1ccnc1.F[B-](F)(F)F. The second-order valence-electron chi connectivity index (χ2n) is 2.50. The van der Waals surface area contributed by atoms with Gasteiger partial charge in [0.15, 0.2) is 0 Å². The average molecular weight is 243 g/mol. The van der Waals surface area contributed by atoms with Crippen molar-refractivity contribution in [1.82, 2.24) is 9.55 Å². The Balaban J connectivity index is 0. The van der Waals surface area contributed by atoms with Gasteiger partial charge in [-0.05, 0) is 13.8 Å². The zero-order valence-corrected chi connectivity index (χ0v) is 9.54. The van der Waals surface area contributed by atoms with Crippen LogP contribution in [-0.2, 0) is 11.8 Å². The molecule has 0 aliphatic carbocycles. The third kappa shape index (κ3) is 29.3. The van der Waals surface area contributed by atoms with Gasteiger partial charge in [-0.2, -0.15) is 0 Å². The second-order valence-corrected chi connectivity index (χ2v) is 2.50. The lowest BCUT2D eigenvalue weighted by atomic mass is 10.3. The van der Waals surface area contributed by atoms with Crippen LogP contribution in [0.1, 0.15) is 13.8 Å². The van der Waals surface area contributed by atoms with Crippen molar-refractivity contribution < 1.29 is 22.0 Å². The number of aromatic nitrogens is 2. The maximum absolute atomic E-state index is 9.75. The van der Waals surface area contributed by atoms with Crippen LogP contribution in [0.15, 0.2) is 18.7 Å². The summed E-state index contributed by atoms with van der Waals surface area (Å²) in [4.78, 5) is 3.78. The van der Waals surface area contributed by atoms with Crippen LogP contribution in [0.3, 0.4) is 0 Å². The van der Waals surface area contributed by atoms with Crippen LogP contribution in [0.25, 0.3) is 0 Å². The lowest BCUT2D eigenvalue weighted by molar-refractivity contribution is 0.162. The van der Waals surface area contributed by atoms with Crippen LogP contribution in [0, 0.1) is 0 Å². The van der Waals surface area contributed by atoms with Crippen molar-refractivity contribution in [3.05, 3.63) is 18.7 Å². The van der Waals surface area contributed by atoms with Gasteiger partial charge in [0.25, 0.3) is 0 Å². The first-order chi connectivity index (χ1) is 7.31. The molecule has 1 aromatic rings. The molecule has 0 unspecified atom stereocenters. The van der Waals surface area contributed by atoms with E-state index < -0.39 is 7.25 Å². The first kappa shape index (κ1) is 17.4. The van der Waals surface area contributed by atoms with Gasteiger partial charge >= 0.3 is 7.25 Å². The molecule has 0 bridgehead atoms. The molecule has 1 aromatic heterocycles. The Morgan fingerprint density at radius 3 is 1.69 bits per heavy atom. The van der Waals surface area contributed by atoms with Gasteiger partial charge in [0.2, 0.25) is 0 Å². The summed E-state index contributed by atoms with van der Waals surface area (Å²) in [5, 5.41) is 0. The topological polar surface area (TPSA) is 27.1 Å².